The molecule has 1 aliphatic rings. The zero-order chi connectivity index (χ0) is 10.6. The third-order valence-electron chi connectivity index (χ3n) is 2.80. The van der Waals surface area contributed by atoms with Gasteiger partial charge in [-0.1, -0.05) is 6.92 Å². The van der Waals surface area contributed by atoms with Crippen molar-refractivity contribution in [3.63, 3.8) is 0 Å². The SMILES string of the molecule is CCC(C(=O)NN)N(C)C1CCOC1. The van der Waals surface area contributed by atoms with Crippen molar-refractivity contribution in [3.05, 3.63) is 0 Å². The zero-order valence-corrected chi connectivity index (χ0v) is 8.82. The molecule has 5 heteroatoms. The number of amides is 1. The van der Waals surface area contributed by atoms with Crippen molar-refractivity contribution < 1.29 is 9.53 Å². The van der Waals surface area contributed by atoms with E-state index in [4.69, 9.17) is 10.6 Å². The molecule has 0 aromatic heterocycles. The molecule has 0 bridgehead atoms. The lowest BCUT2D eigenvalue weighted by Gasteiger charge is -2.29. The number of carbonyl (C=O) groups is 1. The standard InChI is InChI=1S/C9H19N3O2/c1-3-8(9(13)11-10)12(2)7-4-5-14-6-7/h7-8H,3-6,10H2,1-2H3,(H,11,13). The third kappa shape index (κ3) is 2.43. The van der Waals surface area contributed by atoms with E-state index in [1.54, 1.807) is 0 Å². The van der Waals surface area contributed by atoms with Gasteiger partial charge in [-0.05, 0) is 19.9 Å². The lowest BCUT2D eigenvalue weighted by Crippen LogP contribution is -2.51. The number of likely N-dealkylation sites (N-methyl/N-ethyl adjacent to an activating group) is 1. The summed E-state index contributed by atoms with van der Waals surface area (Å²) in [4.78, 5) is 13.5. The number of carbonyl (C=O) groups excluding carboxylic acids is 1. The molecule has 1 heterocycles. The van der Waals surface area contributed by atoms with Crippen LogP contribution in [0.4, 0.5) is 0 Å². The molecule has 1 rings (SSSR count). The molecule has 0 aliphatic carbocycles. The van der Waals surface area contributed by atoms with Crippen molar-refractivity contribution >= 4 is 5.91 Å². The van der Waals surface area contributed by atoms with Gasteiger partial charge in [0.2, 0.25) is 0 Å². The topological polar surface area (TPSA) is 67.6 Å². The number of hydrogen-bond acceptors (Lipinski definition) is 4. The average molecular weight is 201 g/mol. The first-order chi connectivity index (χ1) is 6.70. The lowest BCUT2D eigenvalue weighted by molar-refractivity contribution is -0.127. The molecular formula is C9H19N3O2. The van der Waals surface area contributed by atoms with E-state index in [1.165, 1.54) is 0 Å². The summed E-state index contributed by atoms with van der Waals surface area (Å²) in [5.41, 5.74) is 2.20. The zero-order valence-electron chi connectivity index (χ0n) is 8.82. The molecule has 2 atom stereocenters. The number of hydrazine groups is 1. The van der Waals surface area contributed by atoms with Gasteiger partial charge in [-0.25, -0.2) is 5.84 Å². The fourth-order valence-corrected chi connectivity index (χ4v) is 1.85. The van der Waals surface area contributed by atoms with E-state index < -0.39 is 0 Å². The first-order valence-corrected chi connectivity index (χ1v) is 5.00. The Morgan fingerprint density at radius 3 is 2.93 bits per heavy atom. The maximum atomic E-state index is 11.4. The molecule has 2 unspecified atom stereocenters. The number of ether oxygens (including phenoxy) is 1. The van der Waals surface area contributed by atoms with Gasteiger partial charge >= 0.3 is 0 Å². The van der Waals surface area contributed by atoms with Gasteiger partial charge in [0.15, 0.2) is 0 Å². The predicted octanol–water partition coefficient (Wildman–Crippen LogP) is -0.524. The van der Waals surface area contributed by atoms with Crippen LogP contribution in [0.3, 0.4) is 0 Å². The monoisotopic (exact) mass is 201 g/mol. The first kappa shape index (κ1) is 11.4. The summed E-state index contributed by atoms with van der Waals surface area (Å²) in [6.07, 6.45) is 1.75. The lowest BCUT2D eigenvalue weighted by atomic mass is 10.1. The molecule has 1 amide bonds. The van der Waals surface area contributed by atoms with Crippen molar-refractivity contribution in [3.8, 4) is 0 Å². The van der Waals surface area contributed by atoms with Gasteiger partial charge in [0, 0.05) is 12.6 Å². The Balaban J connectivity index is 2.54. The Morgan fingerprint density at radius 1 is 1.79 bits per heavy atom. The third-order valence-corrected chi connectivity index (χ3v) is 2.80. The van der Waals surface area contributed by atoms with Crippen LogP contribution in [0.5, 0.6) is 0 Å². The van der Waals surface area contributed by atoms with Crippen LogP contribution in [0, 0.1) is 0 Å². The van der Waals surface area contributed by atoms with Crippen molar-refractivity contribution in [1.29, 1.82) is 0 Å². The second kappa shape index (κ2) is 5.29. The van der Waals surface area contributed by atoms with Crippen molar-refractivity contribution in [2.45, 2.75) is 31.8 Å². The Bertz CT molecular complexity index is 192. The van der Waals surface area contributed by atoms with E-state index >= 15 is 0 Å². The molecule has 1 saturated heterocycles. The maximum absolute atomic E-state index is 11.4. The van der Waals surface area contributed by atoms with E-state index in [0.29, 0.717) is 12.6 Å². The predicted molar refractivity (Wildman–Crippen MR) is 53.4 cm³/mol. The van der Waals surface area contributed by atoms with Gasteiger partial charge in [0.05, 0.1) is 12.6 Å². The van der Waals surface area contributed by atoms with Crippen LogP contribution in [-0.2, 0) is 9.53 Å². The van der Waals surface area contributed by atoms with Crippen LogP contribution in [0.2, 0.25) is 0 Å². The highest BCUT2D eigenvalue weighted by Gasteiger charge is 2.28. The van der Waals surface area contributed by atoms with Gasteiger partial charge in [-0.2, -0.15) is 0 Å². The van der Waals surface area contributed by atoms with E-state index in [2.05, 4.69) is 10.3 Å². The van der Waals surface area contributed by atoms with Gasteiger partial charge in [0.25, 0.3) is 5.91 Å². The molecule has 82 valence electrons. The van der Waals surface area contributed by atoms with E-state index in [1.807, 2.05) is 14.0 Å². The Labute approximate surface area is 84.5 Å². The fourth-order valence-electron chi connectivity index (χ4n) is 1.85. The molecule has 0 spiro atoms. The minimum atomic E-state index is -0.147. The van der Waals surface area contributed by atoms with E-state index in [9.17, 15) is 4.79 Å². The number of rotatable bonds is 4. The second-order valence-electron chi connectivity index (χ2n) is 3.62. The molecule has 0 saturated carbocycles. The molecule has 0 aromatic carbocycles. The van der Waals surface area contributed by atoms with Crippen LogP contribution < -0.4 is 11.3 Å². The van der Waals surface area contributed by atoms with Gasteiger partial charge in [-0.15, -0.1) is 0 Å². The molecular weight excluding hydrogens is 182 g/mol. The molecule has 5 nitrogen and oxygen atoms in total. The van der Waals surface area contributed by atoms with E-state index in [-0.39, 0.29) is 11.9 Å². The summed E-state index contributed by atoms with van der Waals surface area (Å²) < 4.78 is 5.28. The molecule has 1 fully saturated rings. The maximum Gasteiger partial charge on any atom is 0.251 e. The molecule has 14 heavy (non-hydrogen) atoms. The van der Waals surface area contributed by atoms with Crippen LogP contribution in [0.1, 0.15) is 19.8 Å². The van der Waals surface area contributed by atoms with Crippen LogP contribution in [-0.4, -0.2) is 43.2 Å². The molecule has 0 radical (unpaired) electrons. The first-order valence-electron chi connectivity index (χ1n) is 5.00. The smallest absolute Gasteiger partial charge is 0.251 e. The summed E-state index contributed by atoms with van der Waals surface area (Å²) in [7, 11) is 1.95. The summed E-state index contributed by atoms with van der Waals surface area (Å²) in [5, 5.41) is 0. The Morgan fingerprint density at radius 2 is 2.50 bits per heavy atom. The summed E-state index contributed by atoms with van der Waals surface area (Å²) in [6, 6.07) is 0.198. The van der Waals surface area contributed by atoms with Gasteiger partial charge in [-0.3, -0.25) is 15.1 Å². The van der Waals surface area contributed by atoms with Gasteiger partial charge < -0.3 is 4.74 Å². The van der Waals surface area contributed by atoms with Crippen LogP contribution in [0.25, 0.3) is 0 Å². The average Bonchev–Trinajstić information content (AvgIpc) is 2.71. The van der Waals surface area contributed by atoms with Crippen molar-refractivity contribution in [2.24, 2.45) is 5.84 Å². The van der Waals surface area contributed by atoms with Crippen LogP contribution in [0.15, 0.2) is 0 Å². The van der Waals surface area contributed by atoms with Crippen molar-refractivity contribution in [2.75, 3.05) is 20.3 Å². The number of nitrogens with one attached hydrogen (secondary N) is 1. The molecule has 1 aliphatic heterocycles. The highest BCUT2D eigenvalue weighted by atomic mass is 16.5. The Hall–Kier alpha value is -0.650. The summed E-state index contributed by atoms with van der Waals surface area (Å²) >= 11 is 0. The minimum Gasteiger partial charge on any atom is -0.380 e. The van der Waals surface area contributed by atoms with Crippen molar-refractivity contribution in [1.82, 2.24) is 10.3 Å². The van der Waals surface area contributed by atoms with E-state index in [0.717, 1.165) is 19.4 Å². The Kier molecular flexibility index (Phi) is 4.31. The minimum absolute atomic E-state index is 0.123. The largest absolute Gasteiger partial charge is 0.380 e. The number of nitrogens with two attached hydrogens (primary N) is 1. The summed E-state index contributed by atoms with van der Waals surface area (Å²) in [5.74, 6) is 5.00. The van der Waals surface area contributed by atoms with Crippen LogP contribution >= 0.6 is 0 Å². The summed E-state index contributed by atoms with van der Waals surface area (Å²) in [6.45, 7) is 3.48. The number of hydrogen-bond donors (Lipinski definition) is 2. The quantitative estimate of drug-likeness (QED) is 0.365. The molecule has 3 N–H and O–H groups in total. The number of nitrogens with zero attached hydrogens (tertiary/aromatic N) is 1. The normalized spacial score (nSPS) is 23.9. The molecule has 0 aromatic rings. The fraction of sp³-hybridized carbons (Fsp3) is 0.889. The highest BCUT2D eigenvalue weighted by Crippen LogP contribution is 2.15. The van der Waals surface area contributed by atoms with Gasteiger partial charge in [0.1, 0.15) is 0 Å². The highest BCUT2D eigenvalue weighted by molar-refractivity contribution is 5.81. The second-order valence-corrected chi connectivity index (χ2v) is 3.62.